The van der Waals surface area contributed by atoms with Crippen molar-refractivity contribution >= 4 is 5.97 Å². The summed E-state index contributed by atoms with van der Waals surface area (Å²) in [4.78, 5) is 11.7. The van der Waals surface area contributed by atoms with Gasteiger partial charge in [-0.3, -0.25) is 4.79 Å². The van der Waals surface area contributed by atoms with E-state index in [2.05, 4.69) is 0 Å². The highest BCUT2D eigenvalue weighted by Gasteiger charge is 2.56. The molecular weight excluding hydrogens is 352 g/mol. The number of hydrogen-bond donors (Lipinski definition) is 2. The molecule has 4 heteroatoms. The molecule has 1 fully saturated rings. The lowest BCUT2D eigenvalue weighted by Crippen LogP contribution is -2.64. The number of carboxylic acid groups (broad SMARTS) is 1. The Bertz CT molecular complexity index is 758. The third-order valence-corrected chi connectivity index (χ3v) is 6.20. The highest BCUT2D eigenvalue weighted by Crippen LogP contribution is 2.46. The number of carboxylic acids is 1. The molecule has 28 heavy (non-hydrogen) atoms. The van der Waals surface area contributed by atoms with Crippen LogP contribution >= 0.6 is 0 Å². The molecule has 2 unspecified atom stereocenters. The van der Waals surface area contributed by atoms with Gasteiger partial charge in [0, 0.05) is 12.8 Å². The first-order valence-corrected chi connectivity index (χ1v) is 9.88. The van der Waals surface area contributed by atoms with Crippen LogP contribution in [-0.2, 0) is 22.4 Å². The van der Waals surface area contributed by atoms with E-state index in [4.69, 9.17) is 4.74 Å². The molecule has 0 amide bonds. The molecule has 2 atom stereocenters. The molecule has 0 aromatic heterocycles. The molecule has 150 valence electrons. The van der Waals surface area contributed by atoms with E-state index in [1.807, 2.05) is 81.4 Å². The third kappa shape index (κ3) is 4.13. The second-order valence-corrected chi connectivity index (χ2v) is 8.72. The zero-order valence-corrected chi connectivity index (χ0v) is 16.9. The highest BCUT2D eigenvalue weighted by molar-refractivity contribution is 5.71. The van der Waals surface area contributed by atoms with Crippen LogP contribution in [0, 0.1) is 5.92 Å². The van der Waals surface area contributed by atoms with Gasteiger partial charge in [0.05, 0.1) is 17.1 Å². The van der Waals surface area contributed by atoms with Gasteiger partial charge in [-0.2, -0.15) is 0 Å². The van der Waals surface area contributed by atoms with Crippen LogP contribution in [0.5, 0.6) is 0 Å². The van der Waals surface area contributed by atoms with Gasteiger partial charge in [-0.05, 0) is 44.7 Å². The minimum absolute atomic E-state index is 0.438. The molecule has 0 bridgehead atoms. The fraction of sp³-hybridized carbons (Fsp3) is 0.458. The third-order valence-electron chi connectivity index (χ3n) is 6.20. The van der Waals surface area contributed by atoms with Gasteiger partial charge in [0.2, 0.25) is 0 Å². The SMILES string of the molecule is CC1(C)OC(C)(C(O)(Cc2ccccc2)Cc2ccccc2)CCC1C(=O)O. The molecule has 0 aliphatic carbocycles. The predicted octanol–water partition coefficient (Wildman–Crippen LogP) is 4.25. The summed E-state index contributed by atoms with van der Waals surface area (Å²) >= 11 is 0. The maximum atomic E-state index is 12.0. The summed E-state index contributed by atoms with van der Waals surface area (Å²) in [6.45, 7) is 5.56. The van der Waals surface area contributed by atoms with E-state index >= 15 is 0 Å². The maximum absolute atomic E-state index is 12.0. The maximum Gasteiger partial charge on any atom is 0.309 e. The molecule has 1 aliphatic heterocycles. The van der Waals surface area contributed by atoms with E-state index in [0.717, 1.165) is 11.1 Å². The fourth-order valence-electron chi connectivity index (χ4n) is 4.52. The van der Waals surface area contributed by atoms with Gasteiger partial charge in [-0.1, -0.05) is 60.7 Å². The first-order chi connectivity index (χ1) is 13.2. The van der Waals surface area contributed by atoms with Crippen molar-refractivity contribution in [1.29, 1.82) is 0 Å². The van der Waals surface area contributed by atoms with Crippen LogP contribution in [0.2, 0.25) is 0 Å². The lowest BCUT2D eigenvalue weighted by molar-refractivity contribution is -0.263. The minimum atomic E-state index is -1.17. The molecule has 0 spiro atoms. The molecule has 2 N–H and O–H groups in total. The number of carbonyl (C=O) groups is 1. The van der Waals surface area contributed by atoms with E-state index in [1.165, 1.54) is 0 Å². The van der Waals surface area contributed by atoms with E-state index in [1.54, 1.807) is 0 Å². The van der Waals surface area contributed by atoms with E-state index in [9.17, 15) is 15.0 Å². The molecule has 1 aliphatic rings. The van der Waals surface area contributed by atoms with Crippen molar-refractivity contribution in [2.75, 3.05) is 0 Å². The highest BCUT2D eigenvalue weighted by atomic mass is 16.5. The first kappa shape index (κ1) is 20.6. The van der Waals surface area contributed by atoms with Crippen LogP contribution in [0.15, 0.2) is 60.7 Å². The monoisotopic (exact) mass is 382 g/mol. The van der Waals surface area contributed by atoms with Crippen molar-refractivity contribution in [2.24, 2.45) is 5.92 Å². The van der Waals surface area contributed by atoms with Crippen LogP contribution in [0.1, 0.15) is 44.7 Å². The minimum Gasteiger partial charge on any atom is -0.481 e. The van der Waals surface area contributed by atoms with Crippen LogP contribution in [-0.4, -0.2) is 33.0 Å². The van der Waals surface area contributed by atoms with Gasteiger partial charge in [-0.15, -0.1) is 0 Å². The summed E-state index contributed by atoms with van der Waals surface area (Å²) < 4.78 is 6.41. The number of ether oxygens (including phenoxy) is 1. The van der Waals surface area contributed by atoms with Crippen molar-refractivity contribution in [1.82, 2.24) is 0 Å². The summed E-state index contributed by atoms with van der Waals surface area (Å²) in [5, 5.41) is 21.6. The van der Waals surface area contributed by atoms with E-state index in [-0.39, 0.29) is 0 Å². The Morgan fingerprint density at radius 1 is 1.00 bits per heavy atom. The summed E-state index contributed by atoms with van der Waals surface area (Å²) in [5.74, 6) is -1.43. The van der Waals surface area contributed by atoms with Gasteiger partial charge in [0.15, 0.2) is 0 Å². The molecule has 2 aromatic carbocycles. The van der Waals surface area contributed by atoms with Crippen molar-refractivity contribution in [3.8, 4) is 0 Å². The number of hydrogen-bond acceptors (Lipinski definition) is 3. The molecule has 4 nitrogen and oxygen atoms in total. The Morgan fingerprint density at radius 2 is 1.46 bits per heavy atom. The van der Waals surface area contributed by atoms with Crippen molar-refractivity contribution in [2.45, 2.75) is 63.3 Å². The molecule has 3 rings (SSSR count). The van der Waals surface area contributed by atoms with Crippen LogP contribution < -0.4 is 0 Å². The Kier molecular flexibility index (Phi) is 5.64. The van der Waals surface area contributed by atoms with Crippen LogP contribution in [0.4, 0.5) is 0 Å². The topological polar surface area (TPSA) is 66.8 Å². The second-order valence-electron chi connectivity index (χ2n) is 8.72. The van der Waals surface area contributed by atoms with E-state index in [0.29, 0.717) is 25.7 Å². The van der Waals surface area contributed by atoms with Gasteiger partial charge in [-0.25, -0.2) is 0 Å². The Morgan fingerprint density at radius 3 is 1.86 bits per heavy atom. The predicted molar refractivity (Wildman–Crippen MR) is 109 cm³/mol. The average Bonchev–Trinajstić information content (AvgIpc) is 2.62. The molecule has 0 radical (unpaired) electrons. The van der Waals surface area contributed by atoms with Crippen LogP contribution in [0.25, 0.3) is 0 Å². The zero-order valence-electron chi connectivity index (χ0n) is 16.9. The van der Waals surface area contributed by atoms with Gasteiger partial charge >= 0.3 is 5.97 Å². The van der Waals surface area contributed by atoms with Crippen molar-refractivity contribution in [3.63, 3.8) is 0 Å². The van der Waals surface area contributed by atoms with Crippen molar-refractivity contribution in [3.05, 3.63) is 71.8 Å². The first-order valence-electron chi connectivity index (χ1n) is 9.88. The smallest absolute Gasteiger partial charge is 0.309 e. The Hall–Kier alpha value is -2.17. The Labute approximate surface area is 167 Å². The molecule has 1 saturated heterocycles. The van der Waals surface area contributed by atoms with E-state index < -0.39 is 28.7 Å². The summed E-state index contributed by atoms with van der Waals surface area (Å²) in [5.41, 5.74) is -0.835. The fourth-order valence-corrected chi connectivity index (χ4v) is 4.52. The number of aliphatic hydroxyl groups is 1. The van der Waals surface area contributed by atoms with Gasteiger partial charge < -0.3 is 14.9 Å². The lowest BCUT2D eigenvalue weighted by Gasteiger charge is -2.54. The zero-order chi connectivity index (χ0) is 20.4. The summed E-state index contributed by atoms with van der Waals surface area (Å²) in [6.07, 6.45) is 1.84. The van der Waals surface area contributed by atoms with Crippen LogP contribution in [0.3, 0.4) is 0 Å². The largest absolute Gasteiger partial charge is 0.481 e. The molecule has 2 aromatic rings. The Balaban J connectivity index is 1.97. The second kappa shape index (κ2) is 7.69. The number of rotatable bonds is 6. The lowest BCUT2D eigenvalue weighted by atomic mass is 9.68. The number of aliphatic carboxylic acids is 1. The standard InChI is InChI=1S/C24H30O4/c1-22(2)20(21(25)26)14-15-23(3,28-22)24(27,16-18-10-6-4-7-11-18)17-19-12-8-5-9-13-19/h4-13,20,27H,14-17H2,1-3H3,(H,25,26). The molecule has 1 heterocycles. The van der Waals surface area contributed by atoms with Gasteiger partial charge in [0.25, 0.3) is 0 Å². The normalized spacial score (nSPS) is 24.6. The summed E-state index contributed by atoms with van der Waals surface area (Å²) in [6, 6.07) is 19.8. The molecular formula is C24H30O4. The quantitative estimate of drug-likeness (QED) is 0.784. The average molecular weight is 383 g/mol. The molecule has 0 saturated carbocycles. The number of benzene rings is 2. The van der Waals surface area contributed by atoms with Crippen molar-refractivity contribution < 1.29 is 19.7 Å². The van der Waals surface area contributed by atoms with Gasteiger partial charge in [0.1, 0.15) is 5.60 Å². The summed E-state index contributed by atoms with van der Waals surface area (Å²) in [7, 11) is 0.